The normalized spacial score (nSPS) is 13.4. The summed E-state index contributed by atoms with van der Waals surface area (Å²) >= 11 is 0. The molecule has 0 rings (SSSR count). The quantitative estimate of drug-likeness (QED) is 0.0579. The van der Waals surface area contributed by atoms with Crippen LogP contribution in [0.25, 0.3) is 0 Å². The van der Waals surface area contributed by atoms with Crippen molar-refractivity contribution in [3.8, 4) is 0 Å². The Morgan fingerprint density at radius 3 is 1.28 bits per heavy atom. The van der Waals surface area contributed by atoms with Crippen molar-refractivity contribution in [2.45, 2.75) is 98.2 Å². The van der Waals surface area contributed by atoms with Gasteiger partial charge in [0.25, 0.3) is 0 Å². The Balaban J connectivity index is -0.00000282. The third kappa shape index (κ3) is 26.0. The average Bonchev–Trinajstić information content (AvgIpc) is 3.12. The second-order valence-electron chi connectivity index (χ2n) is 11.5. The van der Waals surface area contributed by atoms with Crippen LogP contribution in [0.2, 0.25) is 0 Å². The zero-order chi connectivity index (χ0) is 38.4. The largest absolute Gasteiger partial charge is 0.465 e. The first-order valence-electron chi connectivity index (χ1n) is 17.2. The lowest BCUT2D eigenvalue weighted by atomic mass is 9.88. The molecule has 0 aliphatic rings. The number of carbonyl (C=O) groups excluding carboxylic acids is 6. The molecular formula is C36H65N3O11. The van der Waals surface area contributed by atoms with E-state index < -0.39 is 35.3 Å². The molecule has 0 radical (unpaired) electrons. The van der Waals surface area contributed by atoms with Crippen LogP contribution in [0.1, 0.15) is 82.9 Å². The number of carbonyl (C=O) groups is 6. The van der Waals surface area contributed by atoms with Gasteiger partial charge in [0, 0.05) is 59.2 Å². The van der Waals surface area contributed by atoms with E-state index in [-0.39, 0.29) is 92.1 Å². The van der Waals surface area contributed by atoms with E-state index in [1.165, 1.54) is 6.08 Å². The minimum Gasteiger partial charge on any atom is -0.465 e. The molecule has 3 atom stereocenters. The number of esters is 5. The maximum Gasteiger partial charge on any atom is 0.330 e. The van der Waals surface area contributed by atoms with Crippen molar-refractivity contribution < 1.29 is 55.3 Å². The summed E-state index contributed by atoms with van der Waals surface area (Å²) in [6.45, 7) is 22.0. The number of rotatable bonds is 29. The lowest BCUT2D eigenvalue weighted by molar-refractivity contribution is -0.162. The van der Waals surface area contributed by atoms with Gasteiger partial charge in [-0.3, -0.25) is 19.2 Å². The average molecular weight is 716 g/mol. The van der Waals surface area contributed by atoms with Crippen molar-refractivity contribution in [3.63, 3.8) is 0 Å². The fraction of sp³-hybridized carbons (Fsp3) is 0.667. The molecule has 50 heavy (non-hydrogen) atoms. The molecule has 0 aliphatic heterocycles. The van der Waals surface area contributed by atoms with Crippen molar-refractivity contribution in [2.24, 2.45) is 5.41 Å². The van der Waals surface area contributed by atoms with Gasteiger partial charge in [-0.05, 0) is 39.7 Å². The van der Waals surface area contributed by atoms with E-state index >= 15 is 0 Å². The van der Waals surface area contributed by atoms with Gasteiger partial charge >= 0.3 is 29.8 Å². The van der Waals surface area contributed by atoms with Crippen LogP contribution in [0.5, 0.6) is 0 Å². The molecule has 14 nitrogen and oxygen atoms in total. The van der Waals surface area contributed by atoms with Crippen LogP contribution >= 0.6 is 0 Å². The molecule has 3 N–H and O–H groups in total. The predicted molar refractivity (Wildman–Crippen MR) is 194 cm³/mol. The van der Waals surface area contributed by atoms with Gasteiger partial charge in [0.1, 0.15) is 33.0 Å². The Morgan fingerprint density at radius 1 is 0.600 bits per heavy atom. The number of hydrogen-bond donors (Lipinski definition) is 3. The summed E-state index contributed by atoms with van der Waals surface area (Å²) in [5.74, 6) is -2.65. The van der Waals surface area contributed by atoms with E-state index in [0.29, 0.717) is 25.8 Å². The molecule has 0 fully saturated rings. The van der Waals surface area contributed by atoms with Crippen molar-refractivity contribution in [1.82, 2.24) is 16.0 Å². The van der Waals surface area contributed by atoms with Gasteiger partial charge in [-0.1, -0.05) is 40.5 Å². The van der Waals surface area contributed by atoms with Crippen molar-refractivity contribution in [1.29, 1.82) is 0 Å². The minimum absolute atomic E-state index is 0. The summed E-state index contributed by atoms with van der Waals surface area (Å²) in [6, 6.07) is -0.404. The van der Waals surface area contributed by atoms with Crippen LogP contribution in [0.3, 0.4) is 0 Å². The van der Waals surface area contributed by atoms with E-state index in [4.69, 9.17) is 23.7 Å². The molecule has 3 unspecified atom stereocenters. The Morgan fingerprint density at radius 2 is 0.960 bits per heavy atom. The molecule has 290 valence electrons. The summed E-state index contributed by atoms with van der Waals surface area (Å²) in [7, 11) is 0. The van der Waals surface area contributed by atoms with E-state index in [1.54, 1.807) is 13.8 Å². The summed E-state index contributed by atoms with van der Waals surface area (Å²) in [5.41, 5.74) is -0.994. The fourth-order valence-corrected chi connectivity index (χ4v) is 3.82. The van der Waals surface area contributed by atoms with Gasteiger partial charge in [0.15, 0.2) is 5.78 Å². The van der Waals surface area contributed by atoms with Gasteiger partial charge in [-0.15, -0.1) is 0 Å². The first kappa shape index (κ1) is 48.2. The molecule has 0 spiro atoms. The van der Waals surface area contributed by atoms with Crippen LogP contribution in [0.15, 0.2) is 38.0 Å². The molecular weight excluding hydrogens is 650 g/mol. The van der Waals surface area contributed by atoms with Crippen LogP contribution in [-0.2, 0) is 52.5 Å². The second kappa shape index (κ2) is 30.0. The minimum atomic E-state index is -0.994. The Kier molecular flexibility index (Phi) is 28.9. The summed E-state index contributed by atoms with van der Waals surface area (Å²) in [5, 5.41) is 9.29. The van der Waals surface area contributed by atoms with Crippen LogP contribution < -0.4 is 16.0 Å². The van der Waals surface area contributed by atoms with E-state index in [2.05, 4.69) is 35.7 Å². The third-order valence-corrected chi connectivity index (χ3v) is 7.17. The summed E-state index contributed by atoms with van der Waals surface area (Å²) in [4.78, 5) is 71.6. The number of ether oxygens (including phenoxy) is 5. The zero-order valence-electron chi connectivity index (χ0n) is 31.0. The summed E-state index contributed by atoms with van der Waals surface area (Å²) in [6.07, 6.45) is 4.85. The SMILES string of the molecule is C=CC(=O)CCC(C)NCCC(=O)OCC(CC)(COC(=O)CCNC(C)COC(=O)C=C)COC(=O)CCNC(C)COC(=O)C=C.CC.[HH].[HH]. The molecule has 0 heterocycles. The molecule has 0 saturated carbocycles. The number of hydrogen-bond acceptors (Lipinski definition) is 14. The van der Waals surface area contributed by atoms with E-state index in [1.807, 2.05) is 27.7 Å². The summed E-state index contributed by atoms with van der Waals surface area (Å²) < 4.78 is 26.5. The van der Waals surface area contributed by atoms with Crippen LogP contribution in [-0.4, -0.2) is 106 Å². The van der Waals surface area contributed by atoms with E-state index in [9.17, 15) is 28.8 Å². The standard InChI is InChI=1S/C34H55N3O11.C2H6.2H2/c1-8-28(38)13-12-25(5)35-17-14-31(41)46-22-34(11-4,23-47-32(42)15-18-36-26(6)20-44-29(39)9-2)24-48-33(43)16-19-37-27(7)21-45-30(40)10-3;1-2;;/h8-10,25-27,35-37H,1-3,11-24H2,4-7H3;1-2H3;2*1H. The van der Waals surface area contributed by atoms with Gasteiger partial charge in [-0.2, -0.15) is 0 Å². The smallest absolute Gasteiger partial charge is 0.330 e. The van der Waals surface area contributed by atoms with Crippen LogP contribution in [0.4, 0.5) is 0 Å². The van der Waals surface area contributed by atoms with Gasteiger partial charge < -0.3 is 39.6 Å². The molecule has 0 aliphatic carbocycles. The zero-order valence-corrected chi connectivity index (χ0v) is 31.0. The monoisotopic (exact) mass is 715 g/mol. The van der Waals surface area contributed by atoms with E-state index in [0.717, 1.165) is 12.2 Å². The molecule has 0 aromatic carbocycles. The molecule has 14 heteroatoms. The highest BCUT2D eigenvalue weighted by molar-refractivity contribution is 5.89. The Hall–Kier alpha value is -3.88. The van der Waals surface area contributed by atoms with Crippen molar-refractivity contribution in [2.75, 3.05) is 52.7 Å². The third-order valence-electron chi connectivity index (χ3n) is 7.17. The van der Waals surface area contributed by atoms with Crippen molar-refractivity contribution in [3.05, 3.63) is 38.0 Å². The van der Waals surface area contributed by atoms with Gasteiger partial charge in [0.2, 0.25) is 0 Å². The van der Waals surface area contributed by atoms with Crippen LogP contribution in [0, 0.1) is 5.41 Å². The first-order valence-corrected chi connectivity index (χ1v) is 17.2. The highest BCUT2D eigenvalue weighted by Crippen LogP contribution is 2.25. The number of allylic oxidation sites excluding steroid dienone is 1. The number of ketones is 1. The topological polar surface area (TPSA) is 185 Å². The molecule has 0 aromatic rings. The fourth-order valence-electron chi connectivity index (χ4n) is 3.82. The maximum absolute atomic E-state index is 12.6. The lowest BCUT2D eigenvalue weighted by Gasteiger charge is -2.31. The predicted octanol–water partition coefficient (Wildman–Crippen LogP) is 3.63. The Bertz CT molecular complexity index is 950. The first-order chi connectivity index (χ1) is 23.8. The lowest BCUT2D eigenvalue weighted by Crippen LogP contribution is -2.40. The second-order valence-corrected chi connectivity index (χ2v) is 11.5. The molecule has 0 bridgehead atoms. The van der Waals surface area contributed by atoms with Crippen molar-refractivity contribution >= 4 is 35.6 Å². The van der Waals surface area contributed by atoms with Gasteiger partial charge in [0.05, 0.1) is 24.7 Å². The molecule has 0 aromatic heterocycles. The highest BCUT2D eigenvalue weighted by Gasteiger charge is 2.34. The van der Waals surface area contributed by atoms with Gasteiger partial charge in [-0.25, -0.2) is 9.59 Å². The maximum atomic E-state index is 12.6. The molecule has 0 saturated heterocycles. The molecule has 0 amide bonds. The Labute approximate surface area is 301 Å². The number of nitrogens with one attached hydrogen (secondary N) is 3. The highest BCUT2D eigenvalue weighted by atomic mass is 16.6.